The maximum Gasteiger partial charge on any atom is 0.0664 e. The zero-order chi connectivity index (χ0) is 10.8. The third kappa shape index (κ3) is 7.34. The van der Waals surface area contributed by atoms with Gasteiger partial charge in [0.25, 0.3) is 0 Å². The molecule has 0 radical (unpaired) electrons. The number of unbranched alkanes of at least 4 members (excludes halogenated alkanes) is 2. The van der Waals surface area contributed by atoms with Crippen molar-refractivity contribution in [2.75, 3.05) is 19.6 Å². The van der Waals surface area contributed by atoms with Gasteiger partial charge in [-0.25, -0.2) is 0 Å². The SMILES string of the molecule is CCCCN(CCCC)C[C@@H](O)CC. The number of nitrogens with zero attached hydrogens (tertiary/aromatic N) is 1. The van der Waals surface area contributed by atoms with Gasteiger partial charge in [0.15, 0.2) is 0 Å². The Morgan fingerprint density at radius 2 is 1.50 bits per heavy atom. The molecule has 2 nitrogen and oxygen atoms in total. The number of aliphatic hydroxyl groups excluding tert-OH is 1. The molecule has 0 aromatic carbocycles. The lowest BCUT2D eigenvalue weighted by molar-refractivity contribution is 0.107. The smallest absolute Gasteiger partial charge is 0.0664 e. The van der Waals surface area contributed by atoms with Crippen molar-refractivity contribution in [3.8, 4) is 0 Å². The maximum atomic E-state index is 9.59. The van der Waals surface area contributed by atoms with Crippen LogP contribution < -0.4 is 0 Å². The van der Waals surface area contributed by atoms with E-state index in [2.05, 4.69) is 18.7 Å². The van der Waals surface area contributed by atoms with E-state index in [0.29, 0.717) is 0 Å². The summed E-state index contributed by atoms with van der Waals surface area (Å²) in [5.41, 5.74) is 0. The Morgan fingerprint density at radius 1 is 1.00 bits per heavy atom. The zero-order valence-corrected chi connectivity index (χ0v) is 10.1. The van der Waals surface area contributed by atoms with Gasteiger partial charge in [0.2, 0.25) is 0 Å². The lowest BCUT2D eigenvalue weighted by atomic mass is 10.2. The van der Waals surface area contributed by atoms with Gasteiger partial charge in [-0.2, -0.15) is 0 Å². The minimum atomic E-state index is -0.135. The molecule has 0 saturated carbocycles. The maximum absolute atomic E-state index is 9.59. The van der Waals surface area contributed by atoms with Crippen LogP contribution in [0.2, 0.25) is 0 Å². The standard InChI is InChI=1S/C12H27NO/c1-4-7-9-13(10-8-5-2)11-12(14)6-3/h12,14H,4-11H2,1-3H3/t12-/m0/s1. The van der Waals surface area contributed by atoms with E-state index in [9.17, 15) is 5.11 Å². The fourth-order valence-corrected chi connectivity index (χ4v) is 1.48. The molecule has 0 aromatic heterocycles. The van der Waals surface area contributed by atoms with Crippen LogP contribution in [0.1, 0.15) is 52.9 Å². The van der Waals surface area contributed by atoms with Gasteiger partial charge in [-0.05, 0) is 32.4 Å². The first kappa shape index (κ1) is 13.9. The first-order valence-electron chi connectivity index (χ1n) is 6.14. The zero-order valence-electron chi connectivity index (χ0n) is 10.1. The normalized spacial score (nSPS) is 13.5. The van der Waals surface area contributed by atoms with Crippen LogP contribution in [0.3, 0.4) is 0 Å². The third-order valence-corrected chi connectivity index (χ3v) is 2.60. The van der Waals surface area contributed by atoms with Crippen molar-refractivity contribution in [2.45, 2.75) is 59.0 Å². The van der Waals surface area contributed by atoms with Crippen LogP contribution in [-0.2, 0) is 0 Å². The highest BCUT2D eigenvalue weighted by molar-refractivity contribution is 4.63. The molecular weight excluding hydrogens is 174 g/mol. The Bertz CT molecular complexity index is 109. The predicted molar refractivity (Wildman–Crippen MR) is 62.6 cm³/mol. The second kappa shape index (κ2) is 9.47. The van der Waals surface area contributed by atoms with Crippen LogP contribution >= 0.6 is 0 Å². The van der Waals surface area contributed by atoms with E-state index in [4.69, 9.17) is 0 Å². The summed E-state index contributed by atoms with van der Waals surface area (Å²) in [4.78, 5) is 2.40. The van der Waals surface area contributed by atoms with Crippen molar-refractivity contribution in [2.24, 2.45) is 0 Å². The number of rotatable bonds is 9. The molecule has 0 saturated heterocycles. The molecule has 14 heavy (non-hydrogen) atoms. The van der Waals surface area contributed by atoms with Crippen molar-refractivity contribution in [3.05, 3.63) is 0 Å². The molecule has 0 amide bonds. The summed E-state index contributed by atoms with van der Waals surface area (Å²) >= 11 is 0. The molecule has 0 unspecified atom stereocenters. The molecule has 0 bridgehead atoms. The molecule has 0 heterocycles. The molecule has 0 aliphatic rings. The fourth-order valence-electron chi connectivity index (χ4n) is 1.48. The Morgan fingerprint density at radius 3 is 1.86 bits per heavy atom. The van der Waals surface area contributed by atoms with Crippen LogP contribution in [0.5, 0.6) is 0 Å². The first-order valence-corrected chi connectivity index (χ1v) is 6.14. The Labute approximate surface area is 89.3 Å². The van der Waals surface area contributed by atoms with Crippen LogP contribution in [0.25, 0.3) is 0 Å². The van der Waals surface area contributed by atoms with Crippen molar-refractivity contribution in [1.29, 1.82) is 0 Å². The highest BCUT2D eigenvalue weighted by Gasteiger charge is 2.08. The Kier molecular flexibility index (Phi) is 9.42. The summed E-state index contributed by atoms with van der Waals surface area (Å²) in [5, 5.41) is 9.59. The van der Waals surface area contributed by atoms with Crippen molar-refractivity contribution in [1.82, 2.24) is 4.90 Å². The molecule has 2 heteroatoms. The largest absolute Gasteiger partial charge is 0.392 e. The number of aliphatic hydroxyl groups is 1. The fraction of sp³-hybridized carbons (Fsp3) is 1.00. The number of hydrogen-bond acceptors (Lipinski definition) is 2. The van der Waals surface area contributed by atoms with Crippen molar-refractivity contribution < 1.29 is 5.11 Å². The Hall–Kier alpha value is -0.0800. The van der Waals surface area contributed by atoms with E-state index in [1.165, 1.54) is 25.7 Å². The van der Waals surface area contributed by atoms with Crippen LogP contribution in [0.15, 0.2) is 0 Å². The van der Waals surface area contributed by atoms with Gasteiger partial charge >= 0.3 is 0 Å². The van der Waals surface area contributed by atoms with Gasteiger partial charge < -0.3 is 10.0 Å². The van der Waals surface area contributed by atoms with Crippen molar-refractivity contribution >= 4 is 0 Å². The molecule has 0 rings (SSSR count). The molecular formula is C12H27NO. The van der Waals surface area contributed by atoms with Gasteiger partial charge in [-0.15, -0.1) is 0 Å². The highest BCUT2D eigenvalue weighted by atomic mass is 16.3. The average Bonchev–Trinajstić information content (AvgIpc) is 2.21. The van der Waals surface area contributed by atoms with Gasteiger partial charge in [0.1, 0.15) is 0 Å². The molecule has 0 aliphatic heterocycles. The van der Waals surface area contributed by atoms with Gasteiger partial charge in [-0.3, -0.25) is 0 Å². The van der Waals surface area contributed by atoms with E-state index in [0.717, 1.165) is 26.1 Å². The summed E-state index contributed by atoms with van der Waals surface area (Å²) in [6.07, 6.45) is 5.72. The second-order valence-electron chi connectivity index (χ2n) is 4.07. The third-order valence-electron chi connectivity index (χ3n) is 2.60. The van der Waals surface area contributed by atoms with Crippen molar-refractivity contribution in [3.63, 3.8) is 0 Å². The highest BCUT2D eigenvalue weighted by Crippen LogP contribution is 2.02. The minimum absolute atomic E-state index is 0.135. The van der Waals surface area contributed by atoms with Crippen LogP contribution in [0, 0.1) is 0 Å². The quantitative estimate of drug-likeness (QED) is 0.620. The van der Waals surface area contributed by atoms with E-state index in [-0.39, 0.29) is 6.10 Å². The molecule has 1 atom stereocenters. The van der Waals surface area contributed by atoms with E-state index < -0.39 is 0 Å². The van der Waals surface area contributed by atoms with Gasteiger partial charge in [-0.1, -0.05) is 33.6 Å². The monoisotopic (exact) mass is 201 g/mol. The van der Waals surface area contributed by atoms with E-state index in [1.807, 2.05) is 6.92 Å². The van der Waals surface area contributed by atoms with E-state index >= 15 is 0 Å². The topological polar surface area (TPSA) is 23.5 Å². The molecule has 86 valence electrons. The number of hydrogen-bond donors (Lipinski definition) is 1. The molecule has 1 N–H and O–H groups in total. The summed E-state index contributed by atoms with van der Waals surface area (Å²) < 4.78 is 0. The van der Waals surface area contributed by atoms with E-state index in [1.54, 1.807) is 0 Å². The summed E-state index contributed by atoms with van der Waals surface area (Å²) in [7, 11) is 0. The molecule has 0 spiro atoms. The van der Waals surface area contributed by atoms with Gasteiger partial charge in [0, 0.05) is 6.54 Å². The first-order chi connectivity index (χ1) is 6.74. The van der Waals surface area contributed by atoms with Crippen LogP contribution in [-0.4, -0.2) is 35.7 Å². The average molecular weight is 201 g/mol. The molecule has 0 aromatic rings. The van der Waals surface area contributed by atoms with Crippen LogP contribution in [0.4, 0.5) is 0 Å². The summed E-state index contributed by atoms with van der Waals surface area (Å²) in [5.74, 6) is 0. The lowest BCUT2D eigenvalue weighted by Gasteiger charge is -2.24. The molecule has 0 fully saturated rings. The minimum Gasteiger partial charge on any atom is -0.392 e. The van der Waals surface area contributed by atoms with Gasteiger partial charge in [0.05, 0.1) is 6.10 Å². The second-order valence-corrected chi connectivity index (χ2v) is 4.07. The Balaban J connectivity index is 3.71. The predicted octanol–water partition coefficient (Wildman–Crippen LogP) is 2.66. The summed E-state index contributed by atoms with van der Waals surface area (Å²) in [6, 6.07) is 0. The molecule has 0 aliphatic carbocycles. The summed E-state index contributed by atoms with van der Waals surface area (Å²) in [6.45, 7) is 9.63. The lowest BCUT2D eigenvalue weighted by Crippen LogP contribution is -2.33.